The molecule has 4 aromatic carbocycles. The summed E-state index contributed by atoms with van der Waals surface area (Å²) in [5.74, 6) is -0.808. The Bertz CT molecular complexity index is 2000. The number of hydrogen-bond acceptors (Lipinski definition) is 12. The maximum atomic E-state index is 13.1. The number of phenolic OH excluding ortho intramolecular Hbond substituents is 1. The molecule has 0 saturated heterocycles. The first-order valence-corrected chi connectivity index (χ1v) is 15.3. The number of methoxy groups -OCH3 is 1. The molecule has 0 saturated carbocycles. The number of phenols is 1. The van der Waals surface area contributed by atoms with E-state index in [0.717, 1.165) is 5.56 Å². The molecule has 0 fully saturated rings. The second kappa shape index (κ2) is 13.7. The fourth-order valence-corrected chi connectivity index (χ4v) is 5.95. The minimum atomic E-state index is -5.37. The predicted octanol–water partition coefficient (Wildman–Crippen LogP) is -2.11. The first-order chi connectivity index (χ1) is 18.6. The number of para-hydroxylation sites is 1. The van der Waals surface area contributed by atoms with Crippen LogP contribution in [0.25, 0.3) is 10.8 Å². The average molecular weight is 652 g/mol. The molecule has 13 nitrogen and oxygen atoms in total. The maximum Gasteiger partial charge on any atom is 1.00 e. The molecule has 0 amide bonds. The van der Waals surface area contributed by atoms with E-state index in [4.69, 9.17) is 4.74 Å². The van der Waals surface area contributed by atoms with E-state index in [1.807, 2.05) is 0 Å². The molecule has 42 heavy (non-hydrogen) atoms. The normalized spacial score (nSPS) is 12.0. The van der Waals surface area contributed by atoms with Gasteiger partial charge in [-0.1, -0.05) is 29.8 Å². The van der Waals surface area contributed by atoms with Crippen LogP contribution in [-0.4, -0.2) is 46.6 Å². The van der Waals surface area contributed by atoms with Crippen LogP contribution >= 0.6 is 0 Å². The summed E-state index contributed by atoms with van der Waals surface area (Å²) in [7, 11) is -13.7. The van der Waals surface area contributed by atoms with Gasteiger partial charge in [0.05, 0.1) is 32.9 Å². The van der Waals surface area contributed by atoms with Crippen molar-refractivity contribution in [2.24, 2.45) is 10.2 Å². The van der Waals surface area contributed by atoms with Gasteiger partial charge in [-0.05, 0) is 54.8 Å². The summed E-state index contributed by atoms with van der Waals surface area (Å²) in [6, 6.07) is 13.7. The van der Waals surface area contributed by atoms with Crippen LogP contribution in [0.3, 0.4) is 0 Å². The molecule has 18 heteroatoms. The van der Waals surface area contributed by atoms with E-state index in [1.54, 1.807) is 19.1 Å². The van der Waals surface area contributed by atoms with Gasteiger partial charge in [0.25, 0.3) is 10.0 Å². The molecule has 0 aliphatic rings. The molecule has 0 aromatic heterocycles. The van der Waals surface area contributed by atoms with Gasteiger partial charge in [-0.3, -0.25) is 4.72 Å². The number of nitrogens with one attached hydrogen (secondary N) is 1. The summed E-state index contributed by atoms with van der Waals surface area (Å²) in [6.07, 6.45) is 0. The number of benzene rings is 4. The van der Waals surface area contributed by atoms with Crippen molar-refractivity contribution < 1.29 is 103 Å². The molecular formula is C24H19N3Na2O10S3. The van der Waals surface area contributed by atoms with Crippen LogP contribution in [0.15, 0.2) is 91.6 Å². The molecule has 0 unspecified atom stereocenters. The Labute approximate surface area is 286 Å². The fraction of sp³-hybridized carbons (Fsp3) is 0.0833. The molecule has 0 aliphatic carbocycles. The van der Waals surface area contributed by atoms with Gasteiger partial charge >= 0.3 is 59.1 Å². The van der Waals surface area contributed by atoms with E-state index in [0.29, 0.717) is 18.2 Å². The van der Waals surface area contributed by atoms with Crippen molar-refractivity contribution in [3.8, 4) is 11.5 Å². The van der Waals surface area contributed by atoms with Gasteiger partial charge in [-0.2, -0.15) is 0 Å². The molecule has 0 bridgehead atoms. The summed E-state index contributed by atoms with van der Waals surface area (Å²) >= 11 is 0. The third-order valence-corrected chi connectivity index (χ3v) is 8.64. The SMILES string of the molecule is COc1ccccc1N=Nc1c(S(=O)(=O)[O-])cc2cc(S(=O)(=O)[O-])cc(NS(=O)(=O)c3ccc(C)cc3)c2c1O.[Na+].[Na+]. The van der Waals surface area contributed by atoms with E-state index in [1.165, 1.54) is 43.5 Å². The summed E-state index contributed by atoms with van der Waals surface area (Å²) in [4.78, 5) is -2.31. The number of ether oxygens (including phenoxy) is 1. The van der Waals surface area contributed by atoms with E-state index in [-0.39, 0.29) is 75.4 Å². The standard InChI is InChI=1S/C24H21N3O10S3.2Na/c1-14-7-9-16(10-8-14)38(29,30)27-19-13-17(39(31,32)33)11-15-12-21(40(34,35)36)23(24(28)22(15)19)26-25-18-5-3-4-6-20(18)37-2;;/h3-13,27-28H,1-2H3,(H,31,32,33)(H,34,35,36);;/q;2*+1/p-2. The van der Waals surface area contributed by atoms with Gasteiger partial charge in [0, 0.05) is 0 Å². The Kier molecular flexibility index (Phi) is 11.8. The van der Waals surface area contributed by atoms with Crippen LogP contribution < -0.4 is 68.6 Å². The van der Waals surface area contributed by atoms with Crippen molar-refractivity contribution in [2.45, 2.75) is 21.6 Å². The quantitative estimate of drug-likeness (QED) is 0.120. The molecule has 0 radical (unpaired) electrons. The van der Waals surface area contributed by atoms with Crippen molar-refractivity contribution in [3.63, 3.8) is 0 Å². The first-order valence-electron chi connectivity index (χ1n) is 11.0. The van der Waals surface area contributed by atoms with Crippen molar-refractivity contribution >= 4 is 58.1 Å². The zero-order valence-corrected chi connectivity index (χ0v) is 29.0. The summed E-state index contributed by atoms with van der Waals surface area (Å²) in [6.45, 7) is 1.72. The fourth-order valence-electron chi connectivity index (χ4n) is 3.71. The van der Waals surface area contributed by atoms with Gasteiger partial charge in [0.15, 0.2) is 5.75 Å². The van der Waals surface area contributed by atoms with Crippen LogP contribution in [-0.2, 0) is 30.3 Å². The van der Waals surface area contributed by atoms with Crippen molar-refractivity contribution in [2.75, 3.05) is 11.8 Å². The van der Waals surface area contributed by atoms with Crippen LogP contribution in [0.2, 0.25) is 0 Å². The van der Waals surface area contributed by atoms with Crippen LogP contribution in [0, 0.1) is 6.92 Å². The molecule has 0 aliphatic heterocycles. The van der Waals surface area contributed by atoms with Crippen molar-refractivity contribution in [3.05, 3.63) is 72.3 Å². The zero-order valence-electron chi connectivity index (χ0n) is 22.6. The zero-order chi connectivity index (χ0) is 29.5. The first kappa shape index (κ1) is 36.1. The molecule has 0 atom stereocenters. The minimum absolute atomic E-state index is 0. The number of sulfonamides is 1. The minimum Gasteiger partial charge on any atom is -0.744 e. The number of nitrogens with zero attached hydrogens (tertiary/aromatic N) is 2. The average Bonchev–Trinajstić information content (AvgIpc) is 2.86. The Balaban J connectivity index is 0.00000308. The van der Waals surface area contributed by atoms with Crippen LogP contribution in [0.1, 0.15) is 5.56 Å². The van der Waals surface area contributed by atoms with E-state index in [2.05, 4.69) is 15.0 Å². The molecular weight excluding hydrogens is 632 g/mol. The van der Waals surface area contributed by atoms with Crippen molar-refractivity contribution in [1.82, 2.24) is 0 Å². The number of rotatable bonds is 8. The van der Waals surface area contributed by atoms with E-state index < -0.39 is 67.9 Å². The Morgan fingerprint density at radius 2 is 1.43 bits per heavy atom. The molecule has 4 rings (SSSR count). The summed E-state index contributed by atoms with van der Waals surface area (Å²) in [5.41, 5.74) is -0.625. The second-order valence-corrected chi connectivity index (χ2v) is 12.7. The molecule has 0 heterocycles. The van der Waals surface area contributed by atoms with E-state index >= 15 is 0 Å². The smallest absolute Gasteiger partial charge is 0.744 e. The predicted molar refractivity (Wildman–Crippen MR) is 141 cm³/mol. The third-order valence-electron chi connectivity index (χ3n) is 5.60. The molecule has 4 aromatic rings. The van der Waals surface area contributed by atoms with Crippen LogP contribution in [0.5, 0.6) is 11.5 Å². The van der Waals surface area contributed by atoms with Gasteiger partial charge < -0.3 is 18.9 Å². The Morgan fingerprint density at radius 1 is 0.810 bits per heavy atom. The molecule has 0 spiro atoms. The van der Waals surface area contributed by atoms with Gasteiger partial charge in [0.1, 0.15) is 37.4 Å². The topological polar surface area (TPSA) is 215 Å². The Morgan fingerprint density at radius 3 is 2.00 bits per heavy atom. The van der Waals surface area contributed by atoms with E-state index in [9.17, 15) is 39.5 Å². The summed E-state index contributed by atoms with van der Waals surface area (Å²) < 4.78 is 105. The third kappa shape index (κ3) is 7.89. The molecule has 2 N–H and O–H groups in total. The monoisotopic (exact) mass is 651 g/mol. The number of hydrogen-bond donors (Lipinski definition) is 2. The largest absolute Gasteiger partial charge is 1.00 e. The number of azo groups is 1. The Hall–Kier alpha value is -2.09. The van der Waals surface area contributed by atoms with Crippen molar-refractivity contribution in [1.29, 1.82) is 0 Å². The van der Waals surface area contributed by atoms with Gasteiger partial charge in [0.2, 0.25) is 0 Å². The number of aromatic hydroxyl groups is 1. The second-order valence-electron chi connectivity index (χ2n) is 8.34. The maximum absolute atomic E-state index is 13.1. The molecule has 210 valence electrons. The van der Waals surface area contributed by atoms with Crippen LogP contribution in [0.4, 0.5) is 17.1 Å². The van der Waals surface area contributed by atoms with Gasteiger partial charge in [-0.25, -0.2) is 25.3 Å². The van der Waals surface area contributed by atoms with Gasteiger partial charge in [-0.15, -0.1) is 10.2 Å². The number of aryl methyl sites for hydroxylation is 1. The summed E-state index contributed by atoms with van der Waals surface area (Å²) in [5, 5.41) is 17.8. The number of anilines is 1. The number of fused-ring (bicyclic) bond motifs is 1.